The van der Waals surface area contributed by atoms with E-state index in [1.165, 1.54) is 46.5 Å². The summed E-state index contributed by atoms with van der Waals surface area (Å²) in [6.07, 6.45) is 0. The number of likely N-dealkylation sites (N-methyl/N-ethyl adjacent to an activating group) is 1. The fourth-order valence-corrected chi connectivity index (χ4v) is 3.50. The van der Waals surface area contributed by atoms with Crippen LogP contribution in [-0.4, -0.2) is 57.2 Å². The molecule has 30 heavy (non-hydrogen) atoms. The highest BCUT2D eigenvalue weighted by Crippen LogP contribution is 2.43. The summed E-state index contributed by atoms with van der Waals surface area (Å²) < 4.78 is 21.2. The van der Waals surface area contributed by atoms with E-state index in [9.17, 15) is 14.7 Å². The van der Waals surface area contributed by atoms with Crippen molar-refractivity contribution in [3.63, 3.8) is 0 Å². The summed E-state index contributed by atoms with van der Waals surface area (Å²) in [5.74, 6) is -0.0254. The monoisotopic (exact) mass is 413 g/mol. The Hall–Kier alpha value is -3.68. The van der Waals surface area contributed by atoms with Gasteiger partial charge < -0.3 is 29.0 Å². The zero-order valence-electron chi connectivity index (χ0n) is 17.4. The lowest BCUT2D eigenvalue weighted by Gasteiger charge is -2.23. The van der Waals surface area contributed by atoms with Crippen LogP contribution in [-0.2, 0) is 9.59 Å². The number of Topliss-reactive ketones (excluding diaryl/α,β-unsaturated/α-hetero) is 1. The van der Waals surface area contributed by atoms with E-state index < -0.39 is 17.7 Å². The Kier molecular flexibility index (Phi) is 5.86. The van der Waals surface area contributed by atoms with E-state index in [0.29, 0.717) is 34.1 Å². The normalized spacial score (nSPS) is 17.8. The van der Waals surface area contributed by atoms with Crippen LogP contribution in [0.5, 0.6) is 23.0 Å². The summed E-state index contributed by atoms with van der Waals surface area (Å²) in [4.78, 5) is 26.6. The van der Waals surface area contributed by atoms with Crippen LogP contribution in [0.3, 0.4) is 0 Å². The van der Waals surface area contributed by atoms with Gasteiger partial charge in [-0.2, -0.15) is 0 Å². The van der Waals surface area contributed by atoms with Crippen molar-refractivity contribution < 1.29 is 33.6 Å². The summed E-state index contributed by atoms with van der Waals surface area (Å²) in [7, 11) is 7.46. The van der Waals surface area contributed by atoms with Crippen molar-refractivity contribution >= 4 is 17.4 Å². The first-order valence-electron chi connectivity index (χ1n) is 9.06. The number of likely N-dealkylation sites (tertiary alicyclic amines) is 1. The number of aliphatic hydroxyl groups is 1. The number of hydrogen-bond donors (Lipinski definition) is 1. The van der Waals surface area contributed by atoms with E-state index in [1.807, 2.05) is 0 Å². The maximum absolute atomic E-state index is 12.8. The van der Waals surface area contributed by atoms with Gasteiger partial charge in [-0.3, -0.25) is 9.59 Å². The molecule has 8 heteroatoms. The molecule has 3 rings (SSSR count). The molecule has 1 saturated heterocycles. The Morgan fingerprint density at radius 2 is 1.50 bits per heavy atom. The number of amides is 1. The molecule has 8 nitrogen and oxygen atoms in total. The van der Waals surface area contributed by atoms with Crippen molar-refractivity contribution in [2.24, 2.45) is 0 Å². The first kappa shape index (κ1) is 21.0. The second-order valence-corrected chi connectivity index (χ2v) is 6.59. The molecule has 0 bridgehead atoms. The number of methoxy groups -OCH3 is 4. The van der Waals surface area contributed by atoms with Crippen molar-refractivity contribution in [3.8, 4) is 23.0 Å². The lowest BCUT2D eigenvalue weighted by molar-refractivity contribution is -0.139. The van der Waals surface area contributed by atoms with Crippen LogP contribution < -0.4 is 18.9 Å². The molecule has 2 aromatic carbocycles. The molecule has 0 saturated carbocycles. The minimum absolute atomic E-state index is 0.0544. The fourth-order valence-electron chi connectivity index (χ4n) is 3.50. The minimum Gasteiger partial charge on any atom is -0.507 e. The number of benzene rings is 2. The van der Waals surface area contributed by atoms with Crippen LogP contribution in [0.1, 0.15) is 17.2 Å². The maximum Gasteiger partial charge on any atom is 0.295 e. The molecule has 0 aliphatic carbocycles. The van der Waals surface area contributed by atoms with Crippen LogP contribution >= 0.6 is 0 Å². The maximum atomic E-state index is 12.8. The molecule has 1 heterocycles. The molecule has 0 radical (unpaired) electrons. The number of hydrogen-bond acceptors (Lipinski definition) is 7. The molecule has 2 aromatic rings. The average Bonchev–Trinajstić information content (AvgIpc) is 3.01. The molecule has 1 atom stereocenters. The predicted octanol–water partition coefficient (Wildman–Crippen LogP) is 2.77. The Morgan fingerprint density at radius 3 is 2.10 bits per heavy atom. The average molecular weight is 413 g/mol. The molecule has 0 aromatic heterocycles. The van der Waals surface area contributed by atoms with E-state index in [0.717, 1.165) is 0 Å². The number of carbonyl (C=O) groups excluding carboxylic acids is 2. The molecule has 1 fully saturated rings. The van der Waals surface area contributed by atoms with Crippen LogP contribution in [0.2, 0.25) is 0 Å². The summed E-state index contributed by atoms with van der Waals surface area (Å²) in [6.45, 7) is 0. The van der Waals surface area contributed by atoms with Crippen molar-refractivity contribution in [1.29, 1.82) is 0 Å². The molecular formula is C22H23NO7. The first-order valence-corrected chi connectivity index (χ1v) is 9.06. The van der Waals surface area contributed by atoms with Gasteiger partial charge in [0.25, 0.3) is 11.7 Å². The Morgan fingerprint density at radius 1 is 0.867 bits per heavy atom. The van der Waals surface area contributed by atoms with Crippen molar-refractivity contribution in [1.82, 2.24) is 4.90 Å². The van der Waals surface area contributed by atoms with Gasteiger partial charge in [-0.1, -0.05) is 0 Å². The van der Waals surface area contributed by atoms with Crippen molar-refractivity contribution in [3.05, 3.63) is 53.1 Å². The quantitative estimate of drug-likeness (QED) is 0.442. The number of nitrogens with zero attached hydrogens (tertiary/aromatic N) is 1. The van der Waals surface area contributed by atoms with Crippen molar-refractivity contribution in [2.75, 3.05) is 35.5 Å². The zero-order valence-corrected chi connectivity index (χ0v) is 17.4. The Bertz CT molecular complexity index is 1030. The Labute approximate surface area is 174 Å². The number of ether oxygens (including phenoxy) is 4. The summed E-state index contributed by atoms with van der Waals surface area (Å²) in [6, 6.07) is 8.93. The summed E-state index contributed by atoms with van der Waals surface area (Å²) in [5.41, 5.74) is 0.771. The van der Waals surface area contributed by atoms with Gasteiger partial charge in [-0.05, 0) is 36.4 Å². The molecule has 0 unspecified atom stereocenters. The topological polar surface area (TPSA) is 94.5 Å². The molecule has 1 N–H and O–H groups in total. The number of rotatable bonds is 6. The summed E-state index contributed by atoms with van der Waals surface area (Å²) in [5, 5.41) is 11.0. The van der Waals surface area contributed by atoms with Gasteiger partial charge in [0.15, 0.2) is 11.5 Å². The third kappa shape index (κ3) is 3.41. The minimum atomic E-state index is -0.858. The Balaban J connectivity index is 2.23. The molecule has 1 aliphatic rings. The third-order valence-corrected chi connectivity index (χ3v) is 5.06. The second kappa shape index (κ2) is 8.36. The highest BCUT2D eigenvalue weighted by molar-refractivity contribution is 6.46. The first-order chi connectivity index (χ1) is 14.4. The van der Waals surface area contributed by atoms with E-state index in [2.05, 4.69) is 0 Å². The van der Waals surface area contributed by atoms with Crippen LogP contribution in [0.15, 0.2) is 42.0 Å². The molecule has 0 spiro atoms. The van der Waals surface area contributed by atoms with E-state index in [4.69, 9.17) is 18.9 Å². The smallest absolute Gasteiger partial charge is 0.295 e. The largest absolute Gasteiger partial charge is 0.507 e. The number of aliphatic hydroxyl groups excluding tert-OH is 1. The van der Waals surface area contributed by atoms with Crippen LogP contribution in [0.4, 0.5) is 0 Å². The van der Waals surface area contributed by atoms with Gasteiger partial charge in [0.2, 0.25) is 0 Å². The summed E-state index contributed by atoms with van der Waals surface area (Å²) >= 11 is 0. The van der Waals surface area contributed by atoms with Crippen molar-refractivity contribution in [2.45, 2.75) is 6.04 Å². The van der Waals surface area contributed by atoms with Gasteiger partial charge >= 0.3 is 0 Å². The fraction of sp³-hybridized carbons (Fsp3) is 0.273. The molecule has 158 valence electrons. The van der Waals surface area contributed by atoms with Gasteiger partial charge in [0.05, 0.1) is 40.1 Å². The lowest BCUT2D eigenvalue weighted by Crippen LogP contribution is -2.25. The predicted molar refractivity (Wildman–Crippen MR) is 109 cm³/mol. The highest BCUT2D eigenvalue weighted by Gasteiger charge is 2.45. The van der Waals surface area contributed by atoms with Gasteiger partial charge in [-0.25, -0.2) is 0 Å². The zero-order chi connectivity index (χ0) is 22.0. The highest BCUT2D eigenvalue weighted by atomic mass is 16.5. The van der Waals surface area contributed by atoms with Gasteiger partial charge in [0, 0.05) is 18.2 Å². The second-order valence-electron chi connectivity index (χ2n) is 6.59. The number of carbonyl (C=O) groups is 2. The van der Waals surface area contributed by atoms with E-state index >= 15 is 0 Å². The molecular weight excluding hydrogens is 390 g/mol. The van der Waals surface area contributed by atoms with Crippen LogP contribution in [0.25, 0.3) is 5.76 Å². The van der Waals surface area contributed by atoms with E-state index in [-0.39, 0.29) is 11.3 Å². The third-order valence-electron chi connectivity index (χ3n) is 5.06. The van der Waals surface area contributed by atoms with Crippen LogP contribution in [0, 0.1) is 0 Å². The molecule has 1 amide bonds. The van der Waals surface area contributed by atoms with E-state index in [1.54, 1.807) is 30.3 Å². The van der Waals surface area contributed by atoms with Gasteiger partial charge in [0.1, 0.15) is 17.3 Å². The standard InChI is InChI=1S/C22H23NO7/c1-23-19(14-11-13(27-2)7-9-15(14)28-3)18(21(25)22(23)26)20(24)12-6-8-16(29-4)17(10-12)30-5/h6-11,19,24H,1-5H3/t19-/m1/s1. The SMILES string of the molecule is COc1ccc(OC)c([C@@H]2C(=C(O)c3ccc(OC)c(OC)c3)C(=O)C(=O)N2C)c1. The molecule has 1 aliphatic heterocycles. The lowest BCUT2D eigenvalue weighted by atomic mass is 9.94. The number of ketones is 1. The van der Waals surface area contributed by atoms with Gasteiger partial charge in [-0.15, -0.1) is 0 Å².